The number of carbonyl (C=O) groups is 1. The molecule has 108 valence electrons. The van der Waals surface area contributed by atoms with Crippen LogP contribution in [-0.4, -0.2) is 17.6 Å². The molecule has 0 saturated heterocycles. The SMILES string of the molecule is Cc1ccc(C(=O)Nc2ccc(F)cc2C#CCCO)s1. The lowest BCUT2D eigenvalue weighted by Crippen LogP contribution is -2.11. The summed E-state index contributed by atoms with van der Waals surface area (Å²) in [6.07, 6.45) is 0.300. The van der Waals surface area contributed by atoms with E-state index in [4.69, 9.17) is 5.11 Å². The number of anilines is 1. The molecule has 0 radical (unpaired) electrons. The average Bonchev–Trinajstić information content (AvgIpc) is 2.88. The zero-order valence-electron chi connectivity index (χ0n) is 11.4. The van der Waals surface area contributed by atoms with Crippen molar-refractivity contribution in [3.05, 3.63) is 51.5 Å². The number of benzene rings is 1. The van der Waals surface area contributed by atoms with E-state index in [0.717, 1.165) is 4.88 Å². The highest BCUT2D eigenvalue weighted by Gasteiger charge is 2.10. The molecule has 3 nitrogen and oxygen atoms in total. The molecule has 2 N–H and O–H groups in total. The van der Waals surface area contributed by atoms with Crippen LogP contribution in [0, 0.1) is 24.6 Å². The summed E-state index contributed by atoms with van der Waals surface area (Å²) in [5.74, 6) is 4.81. The van der Waals surface area contributed by atoms with Crippen molar-refractivity contribution in [3.63, 3.8) is 0 Å². The Hall–Kier alpha value is -2.16. The van der Waals surface area contributed by atoms with E-state index < -0.39 is 5.82 Å². The third-order valence-electron chi connectivity index (χ3n) is 2.65. The predicted octanol–water partition coefficient (Wildman–Crippen LogP) is 3.18. The van der Waals surface area contributed by atoms with Crippen molar-refractivity contribution in [2.24, 2.45) is 0 Å². The second kappa shape index (κ2) is 7.02. The Kier molecular flexibility index (Phi) is 5.09. The number of aliphatic hydroxyl groups is 1. The van der Waals surface area contributed by atoms with Gasteiger partial charge in [-0.1, -0.05) is 11.8 Å². The van der Waals surface area contributed by atoms with E-state index in [1.807, 2.05) is 13.0 Å². The van der Waals surface area contributed by atoms with Gasteiger partial charge in [0.2, 0.25) is 0 Å². The first-order valence-electron chi connectivity index (χ1n) is 6.37. The van der Waals surface area contributed by atoms with Crippen LogP contribution in [0.4, 0.5) is 10.1 Å². The van der Waals surface area contributed by atoms with Crippen molar-refractivity contribution in [1.29, 1.82) is 0 Å². The number of amides is 1. The van der Waals surface area contributed by atoms with Gasteiger partial charge in [0.25, 0.3) is 5.91 Å². The van der Waals surface area contributed by atoms with Gasteiger partial charge < -0.3 is 10.4 Å². The van der Waals surface area contributed by atoms with Gasteiger partial charge in [-0.3, -0.25) is 4.79 Å². The molecule has 21 heavy (non-hydrogen) atoms. The fourth-order valence-corrected chi connectivity index (χ4v) is 2.45. The summed E-state index contributed by atoms with van der Waals surface area (Å²) >= 11 is 1.39. The van der Waals surface area contributed by atoms with Gasteiger partial charge in [0.1, 0.15) is 5.82 Å². The number of hydrogen-bond donors (Lipinski definition) is 2. The molecule has 1 aromatic carbocycles. The molecule has 0 aliphatic heterocycles. The van der Waals surface area contributed by atoms with Crippen molar-refractivity contribution in [3.8, 4) is 11.8 Å². The van der Waals surface area contributed by atoms with E-state index in [1.54, 1.807) is 6.07 Å². The largest absolute Gasteiger partial charge is 0.395 e. The molecule has 0 aliphatic rings. The van der Waals surface area contributed by atoms with Gasteiger partial charge in [-0.25, -0.2) is 4.39 Å². The van der Waals surface area contributed by atoms with Crippen LogP contribution in [0.1, 0.15) is 26.5 Å². The van der Waals surface area contributed by atoms with Crippen molar-refractivity contribution in [1.82, 2.24) is 0 Å². The normalized spacial score (nSPS) is 9.86. The zero-order valence-corrected chi connectivity index (χ0v) is 12.3. The summed E-state index contributed by atoms with van der Waals surface area (Å²) < 4.78 is 13.3. The zero-order chi connectivity index (χ0) is 15.2. The average molecular weight is 303 g/mol. The van der Waals surface area contributed by atoms with Gasteiger partial charge in [0, 0.05) is 11.3 Å². The fraction of sp³-hybridized carbons (Fsp3) is 0.188. The standard InChI is InChI=1S/C16H14FNO2S/c1-11-5-8-15(21-11)16(20)18-14-7-6-13(17)10-12(14)4-2-3-9-19/h5-8,10,19H,3,9H2,1H3,(H,18,20). The molecule has 2 aromatic rings. The Bertz CT molecular complexity index is 713. The maximum absolute atomic E-state index is 13.3. The summed E-state index contributed by atoms with van der Waals surface area (Å²) in [6, 6.07) is 7.63. The highest BCUT2D eigenvalue weighted by Crippen LogP contribution is 2.20. The molecule has 0 fully saturated rings. The third kappa shape index (κ3) is 4.15. The van der Waals surface area contributed by atoms with Gasteiger partial charge in [-0.05, 0) is 37.3 Å². The maximum Gasteiger partial charge on any atom is 0.265 e. The number of rotatable bonds is 3. The molecule has 0 unspecified atom stereocenters. The Balaban J connectivity index is 2.23. The van der Waals surface area contributed by atoms with Crippen LogP contribution < -0.4 is 5.32 Å². The second-order valence-corrected chi connectivity index (χ2v) is 5.62. The number of carbonyl (C=O) groups excluding carboxylic acids is 1. The van der Waals surface area contributed by atoms with E-state index >= 15 is 0 Å². The number of thiophene rings is 1. The van der Waals surface area contributed by atoms with Crippen molar-refractivity contribution >= 4 is 22.9 Å². The molecule has 0 spiro atoms. The summed E-state index contributed by atoms with van der Waals surface area (Å²) in [5, 5.41) is 11.5. The van der Waals surface area contributed by atoms with Gasteiger partial charge in [0.15, 0.2) is 0 Å². The van der Waals surface area contributed by atoms with Crippen LogP contribution in [0.15, 0.2) is 30.3 Å². The summed E-state index contributed by atoms with van der Waals surface area (Å²) in [4.78, 5) is 13.7. The van der Waals surface area contributed by atoms with E-state index in [2.05, 4.69) is 17.2 Å². The van der Waals surface area contributed by atoms with E-state index in [9.17, 15) is 9.18 Å². The Morgan fingerprint density at radius 3 is 2.86 bits per heavy atom. The van der Waals surface area contributed by atoms with Crippen LogP contribution >= 0.6 is 11.3 Å². The quantitative estimate of drug-likeness (QED) is 0.856. The van der Waals surface area contributed by atoms with Crippen LogP contribution in [0.3, 0.4) is 0 Å². The fourth-order valence-electron chi connectivity index (χ4n) is 1.68. The summed E-state index contributed by atoms with van der Waals surface area (Å²) in [6.45, 7) is 1.86. The van der Waals surface area contributed by atoms with Crippen molar-refractivity contribution in [2.75, 3.05) is 11.9 Å². The third-order valence-corrected chi connectivity index (χ3v) is 3.65. The minimum Gasteiger partial charge on any atom is -0.395 e. The van der Waals surface area contributed by atoms with Crippen LogP contribution in [0.5, 0.6) is 0 Å². The van der Waals surface area contributed by atoms with E-state index in [0.29, 0.717) is 22.5 Å². The number of nitrogens with one attached hydrogen (secondary N) is 1. The number of hydrogen-bond acceptors (Lipinski definition) is 3. The minimum absolute atomic E-state index is 0.0571. The molecule has 0 bridgehead atoms. The molecular formula is C16H14FNO2S. The van der Waals surface area contributed by atoms with E-state index in [1.165, 1.54) is 29.5 Å². The number of halogens is 1. The Labute approximate surface area is 126 Å². The first-order chi connectivity index (χ1) is 10.1. The molecule has 0 aliphatic carbocycles. The van der Waals surface area contributed by atoms with E-state index in [-0.39, 0.29) is 12.5 Å². The Morgan fingerprint density at radius 1 is 1.38 bits per heavy atom. The summed E-state index contributed by atoms with van der Waals surface area (Å²) in [5.41, 5.74) is 0.850. The maximum atomic E-state index is 13.3. The first kappa shape index (κ1) is 15.2. The lowest BCUT2D eigenvalue weighted by atomic mass is 10.1. The number of aliphatic hydroxyl groups excluding tert-OH is 1. The van der Waals surface area contributed by atoms with Gasteiger partial charge in [-0.2, -0.15) is 0 Å². The predicted molar refractivity (Wildman–Crippen MR) is 82.0 cm³/mol. The smallest absolute Gasteiger partial charge is 0.265 e. The first-order valence-corrected chi connectivity index (χ1v) is 7.19. The van der Waals surface area contributed by atoms with Crippen molar-refractivity contribution in [2.45, 2.75) is 13.3 Å². The molecule has 5 heteroatoms. The Morgan fingerprint density at radius 2 is 2.19 bits per heavy atom. The topological polar surface area (TPSA) is 49.3 Å². The van der Waals surface area contributed by atoms with Crippen molar-refractivity contribution < 1.29 is 14.3 Å². The van der Waals surface area contributed by atoms with Crippen LogP contribution in [0.25, 0.3) is 0 Å². The lowest BCUT2D eigenvalue weighted by molar-refractivity contribution is 0.103. The van der Waals surface area contributed by atoms with Gasteiger partial charge in [0.05, 0.1) is 22.7 Å². The number of aryl methyl sites for hydroxylation is 1. The highest BCUT2D eigenvalue weighted by molar-refractivity contribution is 7.14. The molecule has 2 rings (SSSR count). The molecule has 1 aromatic heterocycles. The lowest BCUT2D eigenvalue weighted by Gasteiger charge is -2.06. The molecule has 1 heterocycles. The minimum atomic E-state index is -0.423. The summed E-state index contributed by atoms with van der Waals surface area (Å²) in [7, 11) is 0. The van der Waals surface area contributed by atoms with Crippen LogP contribution in [-0.2, 0) is 0 Å². The second-order valence-electron chi connectivity index (χ2n) is 4.33. The monoisotopic (exact) mass is 303 g/mol. The van der Waals surface area contributed by atoms with Gasteiger partial charge in [-0.15, -0.1) is 11.3 Å². The van der Waals surface area contributed by atoms with Gasteiger partial charge >= 0.3 is 0 Å². The molecule has 0 saturated carbocycles. The molecular weight excluding hydrogens is 289 g/mol. The highest BCUT2D eigenvalue weighted by atomic mass is 32.1. The van der Waals surface area contributed by atoms with Crippen LogP contribution in [0.2, 0.25) is 0 Å². The molecule has 0 atom stereocenters. The molecule has 1 amide bonds.